The van der Waals surface area contributed by atoms with Crippen LogP contribution in [0.15, 0.2) is 12.4 Å². The molecule has 3 rings (SSSR count). The number of hydroxylamine groups is 2. The van der Waals surface area contributed by atoms with Gasteiger partial charge >= 0.3 is 0 Å². The summed E-state index contributed by atoms with van der Waals surface area (Å²) in [6.07, 6.45) is 9.27. The monoisotopic (exact) mass is 363 g/mol. The van der Waals surface area contributed by atoms with Crippen molar-refractivity contribution in [3.8, 4) is 0 Å². The minimum atomic E-state index is -0.406. The van der Waals surface area contributed by atoms with E-state index in [-0.39, 0.29) is 30.9 Å². The number of hydrogen-bond donors (Lipinski definition) is 2. The normalized spacial score (nSPS) is 17.9. The van der Waals surface area contributed by atoms with Gasteiger partial charge in [-0.3, -0.25) is 23.9 Å². The summed E-state index contributed by atoms with van der Waals surface area (Å²) in [6, 6.07) is 0.244. The lowest BCUT2D eigenvalue weighted by Gasteiger charge is -2.22. The number of amides is 3. The fourth-order valence-corrected chi connectivity index (χ4v) is 3.22. The Hall–Kier alpha value is -2.42. The quantitative estimate of drug-likeness (QED) is 0.752. The molecule has 1 aliphatic heterocycles. The van der Waals surface area contributed by atoms with Crippen LogP contribution in [-0.2, 0) is 21.0 Å². The smallest absolute Gasteiger partial charge is 0.265 e. The molecule has 1 aromatic heterocycles. The van der Waals surface area contributed by atoms with Gasteiger partial charge in [0, 0.05) is 12.2 Å². The number of hydrogen-bond acceptors (Lipinski definition) is 5. The number of carbonyl (C=O) groups excluding carboxylic acids is 3. The van der Waals surface area contributed by atoms with Gasteiger partial charge in [-0.05, 0) is 19.3 Å². The lowest BCUT2D eigenvalue weighted by Crippen LogP contribution is -2.38. The maximum atomic E-state index is 12.1. The standard InChI is InChI=1S/C17H25N5O4/c23-15(20-14-5-2-1-3-6-14)12-21-11-13(9-19-21)17(25)18-10-16(24)22-7-4-8-26-22/h9,11,14H,1-8,10,12H2,(H,18,25)(H,20,23). The lowest BCUT2D eigenvalue weighted by atomic mass is 9.95. The van der Waals surface area contributed by atoms with Gasteiger partial charge < -0.3 is 10.6 Å². The predicted octanol–water partition coefficient (Wildman–Crippen LogP) is 0.226. The first-order chi connectivity index (χ1) is 12.6. The lowest BCUT2D eigenvalue weighted by molar-refractivity contribution is -0.167. The van der Waals surface area contributed by atoms with Crippen molar-refractivity contribution in [1.82, 2.24) is 25.5 Å². The fraction of sp³-hybridized carbons (Fsp3) is 0.647. The molecule has 0 atom stereocenters. The molecule has 142 valence electrons. The Labute approximate surface area is 152 Å². The molecule has 9 heteroatoms. The highest BCUT2D eigenvalue weighted by Crippen LogP contribution is 2.17. The van der Waals surface area contributed by atoms with Crippen molar-refractivity contribution in [2.45, 2.75) is 51.1 Å². The molecular weight excluding hydrogens is 338 g/mol. The van der Waals surface area contributed by atoms with E-state index in [9.17, 15) is 14.4 Å². The maximum Gasteiger partial charge on any atom is 0.265 e. The summed E-state index contributed by atoms with van der Waals surface area (Å²) in [7, 11) is 0. The van der Waals surface area contributed by atoms with E-state index in [2.05, 4.69) is 15.7 Å². The third kappa shape index (κ3) is 5.04. The van der Waals surface area contributed by atoms with Gasteiger partial charge in [-0.1, -0.05) is 19.3 Å². The van der Waals surface area contributed by atoms with E-state index in [1.165, 1.54) is 28.6 Å². The van der Waals surface area contributed by atoms with E-state index in [1.54, 1.807) is 0 Å². The van der Waals surface area contributed by atoms with E-state index in [1.807, 2.05) is 0 Å². The van der Waals surface area contributed by atoms with Crippen molar-refractivity contribution < 1.29 is 19.2 Å². The predicted molar refractivity (Wildman–Crippen MR) is 91.9 cm³/mol. The average Bonchev–Trinajstić information content (AvgIpc) is 3.32. The summed E-state index contributed by atoms with van der Waals surface area (Å²) in [5.74, 6) is -0.792. The summed E-state index contributed by atoms with van der Waals surface area (Å²) in [6.45, 7) is 1.01. The maximum absolute atomic E-state index is 12.1. The van der Waals surface area contributed by atoms with Crippen LogP contribution in [0.3, 0.4) is 0 Å². The van der Waals surface area contributed by atoms with Gasteiger partial charge in [0.2, 0.25) is 5.91 Å². The number of nitrogens with zero attached hydrogens (tertiary/aromatic N) is 3. The SMILES string of the molecule is O=C(Cn1cc(C(=O)NCC(=O)N2CCCO2)cn1)NC1CCCCC1. The summed E-state index contributed by atoms with van der Waals surface area (Å²) >= 11 is 0. The van der Waals surface area contributed by atoms with Crippen LogP contribution < -0.4 is 10.6 Å². The molecule has 2 heterocycles. The third-order valence-electron chi connectivity index (χ3n) is 4.60. The highest BCUT2D eigenvalue weighted by atomic mass is 16.7. The minimum Gasteiger partial charge on any atom is -0.352 e. The highest BCUT2D eigenvalue weighted by molar-refractivity contribution is 5.96. The molecule has 0 aromatic carbocycles. The summed E-state index contributed by atoms with van der Waals surface area (Å²) < 4.78 is 1.43. The van der Waals surface area contributed by atoms with Crippen LogP contribution in [0.4, 0.5) is 0 Å². The second kappa shape index (κ2) is 8.79. The summed E-state index contributed by atoms with van der Waals surface area (Å²) in [5.41, 5.74) is 0.311. The number of carbonyl (C=O) groups is 3. The molecule has 2 N–H and O–H groups in total. The van der Waals surface area contributed by atoms with Gasteiger partial charge in [0.25, 0.3) is 11.8 Å². The molecule has 9 nitrogen and oxygen atoms in total. The van der Waals surface area contributed by atoms with Crippen LogP contribution in [-0.4, -0.2) is 58.3 Å². The van der Waals surface area contributed by atoms with Gasteiger partial charge in [-0.25, -0.2) is 5.06 Å². The number of rotatable bonds is 6. The fourth-order valence-electron chi connectivity index (χ4n) is 3.22. The first-order valence-corrected chi connectivity index (χ1v) is 9.15. The summed E-state index contributed by atoms with van der Waals surface area (Å²) in [5, 5.41) is 10.9. The second-order valence-electron chi connectivity index (χ2n) is 6.69. The van der Waals surface area contributed by atoms with E-state index in [0.29, 0.717) is 18.7 Å². The Morgan fingerprint density at radius 2 is 2.00 bits per heavy atom. The molecule has 2 fully saturated rings. The molecule has 1 aliphatic carbocycles. The largest absolute Gasteiger partial charge is 0.352 e. The molecular formula is C17H25N5O4. The Morgan fingerprint density at radius 3 is 2.73 bits per heavy atom. The van der Waals surface area contributed by atoms with E-state index in [0.717, 1.165) is 32.1 Å². The zero-order chi connectivity index (χ0) is 18.4. The van der Waals surface area contributed by atoms with E-state index in [4.69, 9.17) is 4.84 Å². The molecule has 1 saturated carbocycles. The van der Waals surface area contributed by atoms with Crippen molar-refractivity contribution >= 4 is 17.7 Å². The second-order valence-corrected chi connectivity index (χ2v) is 6.69. The van der Waals surface area contributed by atoms with Crippen LogP contribution in [0.2, 0.25) is 0 Å². The van der Waals surface area contributed by atoms with Crippen molar-refractivity contribution in [2.75, 3.05) is 19.7 Å². The highest BCUT2D eigenvalue weighted by Gasteiger charge is 2.20. The molecule has 0 radical (unpaired) electrons. The first kappa shape index (κ1) is 18.4. The molecule has 0 spiro atoms. The van der Waals surface area contributed by atoms with E-state index >= 15 is 0 Å². The van der Waals surface area contributed by atoms with Gasteiger partial charge in [0.1, 0.15) is 6.54 Å². The van der Waals surface area contributed by atoms with Crippen molar-refractivity contribution in [1.29, 1.82) is 0 Å². The Bertz CT molecular complexity index is 647. The number of nitrogens with one attached hydrogen (secondary N) is 2. The van der Waals surface area contributed by atoms with Crippen molar-refractivity contribution in [3.05, 3.63) is 18.0 Å². The van der Waals surface area contributed by atoms with Gasteiger partial charge in [-0.2, -0.15) is 5.10 Å². The minimum absolute atomic E-state index is 0.0737. The molecule has 0 unspecified atom stereocenters. The molecule has 0 bridgehead atoms. The topological polar surface area (TPSA) is 106 Å². The van der Waals surface area contributed by atoms with Crippen molar-refractivity contribution in [3.63, 3.8) is 0 Å². The third-order valence-corrected chi connectivity index (χ3v) is 4.60. The zero-order valence-corrected chi connectivity index (χ0v) is 14.8. The average molecular weight is 363 g/mol. The van der Waals surface area contributed by atoms with Gasteiger partial charge in [0.15, 0.2) is 0 Å². The molecule has 1 aromatic rings. The van der Waals surface area contributed by atoms with E-state index < -0.39 is 5.91 Å². The Balaban J connectivity index is 1.43. The molecule has 1 saturated heterocycles. The van der Waals surface area contributed by atoms with Gasteiger partial charge in [-0.15, -0.1) is 0 Å². The molecule has 3 amide bonds. The number of aromatic nitrogens is 2. The molecule has 2 aliphatic rings. The van der Waals surface area contributed by atoms with Crippen molar-refractivity contribution in [2.24, 2.45) is 0 Å². The van der Waals surface area contributed by atoms with Crippen LogP contribution in [0.5, 0.6) is 0 Å². The van der Waals surface area contributed by atoms with Gasteiger partial charge in [0.05, 0.1) is 31.5 Å². The summed E-state index contributed by atoms with van der Waals surface area (Å²) in [4.78, 5) is 41.2. The Morgan fingerprint density at radius 1 is 1.19 bits per heavy atom. The van der Waals surface area contributed by atoms with Crippen LogP contribution >= 0.6 is 0 Å². The van der Waals surface area contributed by atoms with Crippen LogP contribution in [0.25, 0.3) is 0 Å². The molecule has 26 heavy (non-hydrogen) atoms. The van der Waals surface area contributed by atoms with Crippen LogP contribution in [0, 0.1) is 0 Å². The zero-order valence-electron chi connectivity index (χ0n) is 14.8. The first-order valence-electron chi connectivity index (χ1n) is 9.15. The van der Waals surface area contributed by atoms with Crippen LogP contribution in [0.1, 0.15) is 48.9 Å². The Kier molecular flexibility index (Phi) is 6.21.